The Kier molecular flexibility index (Phi) is 40.5. The monoisotopic (exact) mass is 832 g/mol. The lowest BCUT2D eigenvalue weighted by molar-refractivity contribution is -0.870. The van der Waals surface area contributed by atoms with Crippen molar-refractivity contribution in [3.05, 3.63) is 0 Å². The van der Waals surface area contributed by atoms with Crippen LogP contribution in [0.2, 0.25) is 0 Å². The molecule has 0 saturated carbocycles. The molecule has 3 unspecified atom stereocenters. The third kappa shape index (κ3) is 43.4. The van der Waals surface area contributed by atoms with Gasteiger partial charge < -0.3 is 19.8 Å². The molecule has 0 aromatic heterocycles. The van der Waals surface area contributed by atoms with Crippen LogP contribution < -0.4 is 5.32 Å². The van der Waals surface area contributed by atoms with Gasteiger partial charge >= 0.3 is 7.82 Å². The van der Waals surface area contributed by atoms with Gasteiger partial charge in [0.15, 0.2) is 0 Å². The van der Waals surface area contributed by atoms with Crippen molar-refractivity contribution >= 4 is 13.7 Å². The van der Waals surface area contributed by atoms with Gasteiger partial charge in [-0.05, 0) is 12.8 Å². The fourth-order valence-electron chi connectivity index (χ4n) is 7.64. The number of aliphatic hydroxyl groups excluding tert-OH is 1. The third-order valence-corrected chi connectivity index (χ3v) is 12.6. The molecule has 0 aromatic carbocycles. The standard InChI is InChI=1S/C48H99N2O6P/c1-6-8-10-12-14-16-18-20-22-23-24-25-26-27-28-29-31-33-35-37-39-41-47(51)46(45-56-57(53,54)55-44-43-50(3,4)5)49-48(52)42-40-38-36-34-32-30-21-19-17-15-13-11-9-7-2/h46-47,51H,6-45H2,1-5H3,(H-,49,52,53,54)/p+1. The van der Waals surface area contributed by atoms with Crippen LogP contribution in [0.5, 0.6) is 0 Å². The van der Waals surface area contributed by atoms with E-state index in [-0.39, 0.29) is 19.1 Å². The average Bonchev–Trinajstić information content (AvgIpc) is 3.16. The quantitative estimate of drug-likeness (QED) is 0.0321. The summed E-state index contributed by atoms with van der Waals surface area (Å²) in [5.74, 6) is -0.140. The van der Waals surface area contributed by atoms with Crippen LogP contribution in [0.15, 0.2) is 0 Å². The number of quaternary nitrogens is 1. The summed E-state index contributed by atoms with van der Waals surface area (Å²) < 4.78 is 23.7. The van der Waals surface area contributed by atoms with Crippen molar-refractivity contribution in [1.82, 2.24) is 5.32 Å². The molecule has 0 fully saturated rings. The number of aliphatic hydroxyl groups is 1. The molecule has 0 rings (SSSR count). The van der Waals surface area contributed by atoms with E-state index in [0.717, 1.165) is 38.5 Å². The molecule has 0 radical (unpaired) electrons. The van der Waals surface area contributed by atoms with E-state index < -0.39 is 20.0 Å². The zero-order valence-corrected chi connectivity index (χ0v) is 39.8. The highest BCUT2D eigenvalue weighted by Crippen LogP contribution is 2.43. The second-order valence-electron chi connectivity index (χ2n) is 18.6. The molecular formula is C48H100N2O6P+. The minimum absolute atomic E-state index is 0.0788. The highest BCUT2D eigenvalue weighted by atomic mass is 31.2. The predicted molar refractivity (Wildman–Crippen MR) is 245 cm³/mol. The Morgan fingerprint density at radius 2 is 0.842 bits per heavy atom. The van der Waals surface area contributed by atoms with Crippen LogP contribution in [0.3, 0.4) is 0 Å². The van der Waals surface area contributed by atoms with E-state index in [1.54, 1.807) is 0 Å². The Morgan fingerprint density at radius 3 is 1.18 bits per heavy atom. The van der Waals surface area contributed by atoms with E-state index in [0.29, 0.717) is 23.9 Å². The van der Waals surface area contributed by atoms with E-state index >= 15 is 0 Å². The van der Waals surface area contributed by atoms with Crippen molar-refractivity contribution < 1.29 is 32.9 Å². The summed E-state index contributed by atoms with van der Waals surface area (Å²) in [6, 6.07) is -0.753. The van der Waals surface area contributed by atoms with Gasteiger partial charge in [-0.25, -0.2) is 4.57 Å². The zero-order chi connectivity index (χ0) is 42.1. The van der Waals surface area contributed by atoms with Crippen molar-refractivity contribution in [2.75, 3.05) is 40.9 Å². The van der Waals surface area contributed by atoms with Gasteiger partial charge in [-0.2, -0.15) is 0 Å². The molecule has 1 amide bonds. The van der Waals surface area contributed by atoms with Gasteiger partial charge in [-0.15, -0.1) is 0 Å². The number of carbonyl (C=O) groups is 1. The second-order valence-corrected chi connectivity index (χ2v) is 20.0. The summed E-state index contributed by atoms with van der Waals surface area (Å²) in [6.45, 7) is 4.92. The minimum atomic E-state index is -4.31. The van der Waals surface area contributed by atoms with Crippen LogP contribution in [0.25, 0.3) is 0 Å². The number of hydrogen-bond acceptors (Lipinski definition) is 5. The number of rotatable bonds is 46. The van der Waals surface area contributed by atoms with E-state index in [9.17, 15) is 19.4 Å². The van der Waals surface area contributed by atoms with Crippen molar-refractivity contribution in [1.29, 1.82) is 0 Å². The summed E-state index contributed by atoms with van der Waals surface area (Å²) in [4.78, 5) is 23.2. The summed E-state index contributed by atoms with van der Waals surface area (Å²) in [7, 11) is 1.63. The summed E-state index contributed by atoms with van der Waals surface area (Å²) in [5.41, 5.74) is 0. The number of phosphoric ester groups is 1. The molecule has 57 heavy (non-hydrogen) atoms. The first-order valence-corrected chi connectivity index (χ1v) is 26.4. The summed E-state index contributed by atoms with van der Waals surface area (Å²) in [5, 5.41) is 14.0. The molecule has 0 aliphatic carbocycles. The number of phosphoric acid groups is 1. The largest absolute Gasteiger partial charge is 0.472 e. The molecule has 0 spiro atoms. The molecule has 0 bridgehead atoms. The molecule has 0 heterocycles. The molecule has 342 valence electrons. The van der Waals surface area contributed by atoms with Gasteiger partial charge in [0.05, 0.1) is 39.9 Å². The van der Waals surface area contributed by atoms with E-state index in [2.05, 4.69) is 19.2 Å². The maximum atomic E-state index is 12.9. The highest BCUT2D eigenvalue weighted by molar-refractivity contribution is 7.47. The molecule has 0 saturated heterocycles. The molecule has 0 aromatic rings. The van der Waals surface area contributed by atoms with Crippen molar-refractivity contribution in [2.24, 2.45) is 0 Å². The summed E-state index contributed by atoms with van der Waals surface area (Å²) in [6.07, 6.45) is 45.6. The van der Waals surface area contributed by atoms with Crippen LogP contribution >= 0.6 is 7.82 Å². The predicted octanol–water partition coefficient (Wildman–Crippen LogP) is 14.1. The maximum absolute atomic E-state index is 12.9. The van der Waals surface area contributed by atoms with E-state index in [1.807, 2.05) is 21.1 Å². The Morgan fingerprint density at radius 1 is 0.526 bits per heavy atom. The smallest absolute Gasteiger partial charge is 0.391 e. The van der Waals surface area contributed by atoms with Gasteiger partial charge in [0.25, 0.3) is 0 Å². The number of hydrogen-bond donors (Lipinski definition) is 3. The van der Waals surface area contributed by atoms with Crippen LogP contribution in [-0.2, 0) is 18.4 Å². The lowest BCUT2D eigenvalue weighted by atomic mass is 10.0. The van der Waals surface area contributed by atoms with Gasteiger partial charge in [0, 0.05) is 6.42 Å². The Bertz CT molecular complexity index is 901. The Hall–Kier alpha value is -0.500. The Labute approximate surface area is 355 Å². The Balaban J connectivity index is 4.22. The molecule has 0 aliphatic rings. The summed E-state index contributed by atoms with van der Waals surface area (Å²) >= 11 is 0. The molecule has 8 nitrogen and oxygen atoms in total. The van der Waals surface area contributed by atoms with Crippen LogP contribution in [0.1, 0.15) is 251 Å². The normalized spacial score (nSPS) is 14.2. The fraction of sp³-hybridized carbons (Fsp3) is 0.979. The molecule has 3 N–H and O–H groups in total. The maximum Gasteiger partial charge on any atom is 0.472 e. The van der Waals surface area contributed by atoms with Crippen LogP contribution in [0.4, 0.5) is 0 Å². The lowest BCUT2D eigenvalue weighted by Gasteiger charge is -2.26. The first kappa shape index (κ1) is 56.5. The van der Waals surface area contributed by atoms with Gasteiger partial charge in [0.1, 0.15) is 13.2 Å². The average molecular weight is 832 g/mol. The van der Waals surface area contributed by atoms with E-state index in [4.69, 9.17) is 9.05 Å². The van der Waals surface area contributed by atoms with Crippen LogP contribution in [0, 0.1) is 0 Å². The van der Waals surface area contributed by atoms with Gasteiger partial charge in [0.2, 0.25) is 5.91 Å². The highest BCUT2D eigenvalue weighted by Gasteiger charge is 2.28. The van der Waals surface area contributed by atoms with Crippen LogP contribution in [-0.4, -0.2) is 73.4 Å². The first-order valence-electron chi connectivity index (χ1n) is 24.9. The number of nitrogens with one attached hydrogen (secondary N) is 1. The molecule has 3 atom stereocenters. The molecular weight excluding hydrogens is 732 g/mol. The van der Waals surface area contributed by atoms with Crippen molar-refractivity contribution in [2.45, 2.75) is 264 Å². The molecule has 9 heteroatoms. The third-order valence-electron chi connectivity index (χ3n) is 11.6. The number of carbonyl (C=O) groups excluding carboxylic acids is 1. The number of amides is 1. The van der Waals surface area contributed by atoms with Gasteiger partial charge in [-0.1, -0.05) is 232 Å². The van der Waals surface area contributed by atoms with Crippen molar-refractivity contribution in [3.8, 4) is 0 Å². The SMILES string of the molecule is CCCCCCCCCCCCCCCCCCCCCCCC(O)C(COP(=O)(O)OCC[N+](C)(C)C)NC(=O)CCCCCCCCCCCCCCCC. The minimum Gasteiger partial charge on any atom is -0.391 e. The van der Waals surface area contributed by atoms with E-state index in [1.165, 1.54) is 186 Å². The molecule has 0 aliphatic heterocycles. The lowest BCUT2D eigenvalue weighted by Crippen LogP contribution is -2.46. The number of likely N-dealkylation sites (N-methyl/N-ethyl adjacent to an activating group) is 1. The fourth-order valence-corrected chi connectivity index (χ4v) is 8.37. The number of nitrogens with zero attached hydrogens (tertiary/aromatic N) is 1. The van der Waals surface area contributed by atoms with Crippen molar-refractivity contribution in [3.63, 3.8) is 0 Å². The number of unbranched alkanes of at least 4 members (excludes halogenated alkanes) is 33. The zero-order valence-electron chi connectivity index (χ0n) is 38.9. The first-order chi connectivity index (χ1) is 27.5. The topological polar surface area (TPSA) is 105 Å². The second kappa shape index (κ2) is 40.9. The van der Waals surface area contributed by atoms with Gasteiger partial charge in [-0.3, -0.25) is 13.8 Å².